The van der Waals surface area contributed by atoms with Gasteiger partial charge in [-0.2, -0.15) is 0 Å². The average Bonchev–Trinajstić information content (AvgIpc) is 1.27. The van der Waals surface area contributed by atoms with Gasteiger partial charge in [0.1, 0.15) is 0 Å². The fourth-order valence-electron chi connectivity index (χ4n) is 0.0747. The molecule has 0 aliphatic rings. The van der Waals surface area contributed by atoms with Crippen LogP contribution in [0.3, 0.4) is 0 Å². The van der Waals surface area contributed by atoms with Gasteiger partial charge in [0, 0.05) is 22.4 Å². The van der Waals surface area contributed by atoms with Crippen LogP contribution in [0.5, 0.6) is 0 Å². The van der Waals surface area contributed by atoms with E-state index in [1.807, 2.05) is 0 Å². The molecule has 0 fully saturated rings. The third-order valence-electron chi connectivity index (χ3n) is 0.175. The van der Waals surface area contributed by atoms with E-state index in [9.17, 15) is 9.13 Å². The van der Waals surface area contributed by atoms with Gasteiger partial charge in [-0.25, -0.2) is 4.31 Å². The zero-order chi connectivity index (χ0) is 5.86. The van der Waals surface area contributed by atoms with Crippen LogP contribution < -0.4 is 0 Å². The Bertz CT molecular complexity index is 86.6. The van der Waals surface area contributed by atoms with Crippen LogP contribution in [0.15, 0.2) is 0 Å². The first-order valence-corrected chi connectivity index (χ1v) is 3.79. The van der Waals surface area contributed by atoms with Crippen molar-refractivity contribution in [3.05, 3.63) is 0 Å². The quantitative estimate of drug-likeness (QED) is 0.534. The van der Waals surface area contributed by atoms with Crippen molar-refractivity contribution in [1.29, 1.82) is 0 Å². The van der Waals surface area contributed by atoms with Crippen LogP contribution in [0, 0.1) is 0 Å². The van der Waals surface area contributed by atoms with Gasteiger partial charge in [0.2, 0.25) is 0 Å². The summed E-state index contributed by atoms with van der Waals surface area (Å²) in [6, 6.07) is 0. The third-order valence-corrected chi connectivity index (χ3v) is 1.57. The second kappa shape index (κ2) is 6.20. The molecule has 0 amide bonds. The number of hydrogen-bond acceptors (Lipinski definition) is 3. The van der Waals surface area contributed by atoms with Crippen LogP contribution in [-0.4, -0.2) is 9.79 Å². The maximum Gasteiger partial charge on any atom is 0.323 e. The molecular formula is H4AuO5P2. The van der Waals surface area contributed by atoms with E-state index in [1.54, 1.807) is 0 Å². The van der Waals surface area contributed by atoms with E-state index in [2.05, 4.69) is 4.31 Å². The zero-order valence-corrected chi connectivity index (χ0v) is 7.59. The fourth-order valence-corrected chi connectivity index (χ4v) is 0.672. The second-order valence-corrected chi connectivity index (χ2v) is 2.51. The van der Waals surface area contributed by atoms with Crippen molar-refractivity contribution in [3.63, 3.8) is 0 Å². The summed E-state index contributed by atoms with van der Waals surface area (Å²) in [5, 5.41) is 0. The molecular weight excluding hydrogens is 339 g/mol. The van der Waals surface area contributed by atoms with Crippen LogP contribution >= 0.6 is 16.5 Å². The molecule has 2 N–H and O–H groups in total. The normalized spacial score (nSPS) is 16.2. The van der Waals surface area contributed by atoms with Crippen LogP contribution in [0.2, 0.25) is 0 Å². The maximum absolute atomic E-state index is 9.44. The minimum Gasteiger partial charge on any atom is -0.326 e. The molecule has 0 aliphatic heterocycles. The largest absolute Gasteiger partial charge is 0.326 e. The Morgan fingerprint density at radius 3 is 1.38 bits per heavy atom. The molecule has 5 nitrogen and oxygen atoms in total. The Balaban J connectivity index is 0. The van der Waals surface area contributed by atoms with Gasteiger partial charge in [0.25, 0.3) is 0 Å². The van der Waals surface area contributed by atoms with E-state index in [0.29, 0.717) is 0 Å². The molecule has 0 aliphatic carbocycles. The average molecular weight is 343 g/mol. The summed E-state index contributed by atoms with van der Waals surface area (Å²) in [7, 11) is -6.40. The Labute approximate surface area is 62.5 Å². The van der Waals surface area contributed by atoms with Crippen molar-refractivity contribution in [3.8, 4) is 0 Å². The van der Waals surface area contributed by atoms with Gasteiger partial charge in [-0.05, 0) is 0 Å². The van der Waals surface area contributed by atoms with Crippen molar-refractivity contribution >= 4 is 16.5 Å². The predicted octanol–water partition coefficient (Wildman–Crippen LogP) is -0.236. The molecule has 0 aromatic rings. The smallest absolute Gasteiger partial charge is 0.323 e. The molecule has 0 saturated heterocycles. The Hall–Kier alpha value is 1.08. The van der Waals surface area contributed by atoms with E-state index in [1.165, 1.54) is 0 Å². The number of rotatable bonds is 2. The summed E-state index contributed by atoms with van der Waals surface area (Å²) in [6.07, 6.45) is 0. The third kappa shape index (κ3) is 10.1. The first-order valence-electron chi connectivity index (χ1n) is 1.26. The molecule has 55 valence electrons. The monoisotopic (exact) mass is 343 g/mol. The predicted molar refractivity (Wildman–Crippen MR) is 23.5 cm³/mol. The molecule has 8 heteroatoms. The van der Waals surface area contributed by atoms with E-state index >= 15 is 0 Å². The molecule has 0 saturated carbocycles. The minimum absolute atomic E-state index is 0. The molecule has 8 heavy (non-hydrogen) atoms. The van der Waals surface area contributed by atoms with Crippen LogP contribution in [0.4, 0.5) is 0 Å². The van der Waals surface area contributed by atoms with Crippen LogP contribution in [-0.2, 0) is 35.8 Å². The second-order valence-electron chi connectivity index (χ2n) is 0.634. The molecule has 0 spiro atoms. The first kappa shape index (κ1) is 11.8. The van der Waals surface area contributed by atoms with E-state index < -0.39 is 16.5 Å². The summed E-state index contributed by atoms with van der Waals surface area (Å²) >= 11 is 0. The van der Waals surface area contributed by atoms with Gasteiger partial charge in [0.15, 0.2) is 0 Å². The molecule has 0 bridgehead atoms. The first-order chi connectivity index (χ1) is 3.13. The fraction of sp³-hybridized carbons (Fsp3) is 0. The van der Waals surface area contributed by atoms with E-state index in [4.69, 9.17) is 9.79 Å². The Morgan fingerprint density at radius 1 is 1.12 bits per heavy atom. The summed E-state index contributed by atoms with van der Waals surface area (Å²) in [6.45, 7) is 0. The molecule has 0 rings (SSSR count). The molecule has 2 unspecified atom stereocenters. The Morgan fingerprint density at radius 2 is 1.38 bits per heavy atom. The molecule has 0 heterocycles. The molecule has 0 aromatic heterocycles. The van der Waals surface area contributed by atoms with Crippen molar-refractivity contribution in [2.24, 2.45) is 0 Å². The van der Waals surface area contributed by atoms with Gasteiger partial charge < -0.3 is 9.79 Å². The molecule has 1 radical (unpaired) electrons. The van der Waals surface area contributed by atoms with Crippen molar-refractivity contribution in [1.82, 2.24) is 0 Å². The number of hydrogen-bond donors (Lipinski definition) is 2. The van der Waals surface area contributed by atoms with Gasteiger partial charge in [-0.15, -0.1) is 0 Å². The van der Waals surface area contributed by atoms with Crippen molar-refractivity contribution < 1.29 is 45.6 Å². The topological polar surface area (TPSA) is 83.8 Å². The van der Waals surface area contributed by atoms with Crippen LogP contribution in [0.25, 0.3) is 0 Å². The SMILES string of the molecule is O=[PH](O)O[PH](=O)O.[Au]. The summed E-state index contributed by atoms with van der Waals surface area (Å²) in [5.74, 6) is 0. The minimum atomic E-state index is -3.20. The summed E-state index contributed by atoms with van der Waals surface area (Å²) in [4.78, 5) is 15.4. The standard InChI is InChI=1S/Au.H4O5P2/c;1-6(2)5-7(3)4/h;6-7H,(H,1,2)(H,3,4). The molecule has 2 atom stereocenters. The zero-order valence-electron chi connectivity index (χ0n) is 3.42. The Kier molecular flexibility index (Phi) is 9.17. The molecule has 0 aromatic carbocycles. The van der Waals surface area contributed by atoms with E-state index in [-0.39, 0.29) is 22.4 Å². The van der Waals surface area contributed by atoms with Crippen molar-refractivity contribution in [2.45, 2.75) is 0 Å². The maximum atomic E-state index is 9.44. The van der Waals surface area contributed by atoms with Crippen molar-refractivity contribution in [2.75, 3.05) is 0 Å². The van der Waals surface area contributed by atoms with Gasteiger partial charge in [0.05, 0.1) is 0 Å². The van der Waals surface area contributed by atoms with Crippen LogP contribution in [0.1, 0.15) is 0 Å². The van der Waals surface area contributed by atoms with Gasteiger partial charge in [-0.1, -0.05) is 0 Å². The van der Waals surface area contributed by atoms with Gasteiger partial charge in [-0.3, -0.25) is 9.13 Å². The summed E-state index contributed by atoms with van der Waals surface area (Å²) < 4.78 is 22.3. The van der Waals surface area contributed by atoms with E-state index in [0.717, 1.165) is 0 Å². The van der Waals surface area contributed by atoms with Gasteiger partial charge >= 0.3 is 16.5 Å². The summed E-state index contributed by atoms with van der Waals surface area (Å²) in [5.41, 5.74) is 0.